The Morgan fingerprint density at radius 2 is 2.04 bits per heavy atom. The predicted octanol–water partition coefficient (Wildman–Crippen LogP) is 4.76. The van der Waals surface area contributed by atoms with Crippen LogP contribution in [0, 0.1) is 0 Å². The van der Waals surface area contributed by atoms with Gasteiger partial charge in [-0.1, -0.05) is 6.92 Å². The molecule has 0 aromatic carbocycles. The smallest absolute Gasteiger partial charge is 0.139 e. The summed E-state index contributed by atoms with van der Waals surface area (Å²) in [6.45, 7) is 4.33. The van der Waals surface area contributed by atoms with Gasteiger partial charge in [-0.2, -0.15) is 0 Å². The van der Waals surface area contributed by atoms with E-state index < -0.39 is 0 Å². The van der Waals surface area contributed by atoms with E-state index in [0.717, 1.165) is 28.5 Å². The van der Waals surface area contributed by atoms with Gasteiger partial charge in [0, 0.05) is 16.0 Å². The summed E-state index contributed by atoms with van der Waals surface area (Å²) in [6, 6.07) is 0.164. The van der Waals surface area contributed by atoms with Crippen LogP contribution in [0.5, 0.6) is 0 Å². The van der Waals surface area contributed by atoms with E-state index in [0.29, 0.717) is 0 Å². The first-order valence-corrected chi connectivity index (χ1v) is 9.86. The van der Waals surface area contributed by atoms with E-state index in [1.807, 2.05) is 17.5 Å². The van der Waals surface area contributed by atoms with Crippen LogP contribution in [0.15, 0.2) is 12.5 Å². The van der Waals surface area contributed by atoms with Crippen molar-refractivity contribution in [3.05, 3.63) is 32.8 Å². The third-order valence-corrected chi connectivity index (χ3v) is 6.92. The summed E-state index contributed by atoms with van der Waals surface area (Å²) in [5, 5.41) is 5.94. The SMILES string of the molecule is CCc1cnc(C(C)Nc2ncnc3sc4c(c23)CCCC4)s1. The molecule has 4 nitrogen and oxygen atoms in total. The van der Waals surface area contributed by atoms with Gasteiger partial charge in [-0.25, -0.2) is 15.0 Å². The summed E-state index contributed by atoms with van der Waals surface area (Å²) in [5.41, 5.74) is 1.47. The third-order valence-electron chi connectivity index (χ3n) is 4.39. The second-order valence-electron chi connectivity index (χ2n) is 6.00. The Hall–Kier alpha value is -1.53. The normalized spacial score (nSPS) is 15.6. The number of anilines is 1. The second kappa shape index (κ2) is 6.17. The van der Waals surface area contributed by atoms with Crippen molar-refractivity contribution < 1.29 is 0 Å². The Kier molecular flexibility index (Phi) is 4.03. The summed E-state index contributed by atoms with van der Waals surface area (Å²) in [6.07, 6.45) is 9.63. The zero-order valence-corrected chi connectivity index (χ0v) is 15.1. The molecule has 0 saturated carbocycles. The Balaban J connectivity index is 1.69. The molecule has 120 valence electrons. The number of aromatic nitrogens is 3. The van der Waals surface area contributed by atoms with E-state index in [9.17, 15) is 0 Å². The van der Waals surface area contributed by atoms with Gasteiger partial charge in [0.2, 0.25) is 0 Å². The number of rotatable bonds is 4. The molecule has 0 radical (unpaired) electrons. The number of aryl methyl sites for hydroxylation is 3. The molecule has 3 aromatic rings. The number of fused-ring (bicyclic) bond motifs is 3. The van der Waals surface area contributed by atoms with Crippen LogP contribution in [0.1, 0.15) is 53.1 Å². The highest BCUT2D eigenvalue weighted by Gasteiger charge is 2.21. The molecule has 3 aromatic heterocycles. The Bertz CT molecular complexity index is 836. The lowest BCUT2D eigenvalue weighted by Crippen LogP contribution is -2.09. The van der Waals surface area contributed by atoms with Gasteiger partial charge in [0.25, 0.3) is 0 Å². The minimum absolute atomic E-state index is 0.164. The summed E-state index contributed by atoms with van der Waals surface area (Å²) < 4.78 is 0. The van der Waals surface area contributed by atoms with Gasteiger partial charge >= 0.3 is 0 Å². The first kappa shape index (κ1) is 15.0. The molecule has 0 saturated heterocycles. The fourth-order valence-corrected chi connectivity index (χ4v) is 5.24. The molecule has 1 atom stereocenters. The molecule has 0 fully saturated rings. The van der Waals surface area contributed by atoms with Crippen LogP contribution in [0.2, 0.25) is 0 Å². The molecule has 0 spiro atoms. The minimum atomic E-state index is 0.164. The molecule has 4 rings (SSSR count). The van der Waals surface area contributed by atoms with E-state index in [1.54, 1.807) is 17.7 Å². The van der Waals surface area contributed by atoms with Crippen molar-refractivity contribution in [3.63, 3.8) is 0 Å². The van der Waals surface area contributed by atoms with Gasteiger partial charge in [-0.05, 0) is 44.6 Å². The van der Waals surface area contributed by atoms with E-state index in [2.05, 4.69) is 34.1 Å². The zero-order valence-electron chi connectivity index (χ0n) is 13.4. The molecule has 0 aliphatic heterocycles. The lowest BCUT2D eigenvalue weighted by molar-refractivity contribution is 0.700. The second-order valence-corrected chi connectivity index (χ2v) is 8.23. The maximum Gasteiger partial charge on any atom is 0.139 e. The van der Waals surface area contributed by atoms with Gasteiger partial charge in [-0.15, -0.1) is 22.7 Å². The average molecular weight is 345 g/mol. The van der Waals surface area contributed by atoms with Crippen LogP contribution in [-0.4, -0.2) is 15.0 Å². The molecule has 23 heavy (non-hydrogen) atoms. The molecular weight excluding hydrogens is 324 g/mol. The van der Waals surface area contributed by atoms with Gasteiger partial charge in [-0.3, -0.25) is 0 Å². The fraction of sp³-hybridized carbons (Fsp3) is 0.471. The monoisotopic (exact) mass is 344 g/mol. The first-order chi connectivity index (χ1) is 11.3. The standard InChI is InChI=1S/C17H20N4S2/c1-3-11-8-18-16(22-11)10(2)21-15-14-12-6-4-5-7-13(12)23-17(14)20-9-19-15/h8-10H,3-7H2,1-2H3,(H,19,20,21). The van der Waals surface area contributed by atoms with Gasteiger partial charge in [0.1, 0.15) is 22.0 Å². The van der Waals surface area contributed by atoms with Crippen molar-refractivity contribution in [1.29, 1.82) is 0 Å². The predicted molar refractivity (Wildman–Crippen MR) is 97.6 cm³/mol. The van der Waals surface area contributed by atoms with Crippen LogP contribution in [0.3, 0.4) is 0 Å². The van der Waals surface area contributed by atoms with Crippen LogP contribution in [-0.2, 0) is 19.3 Å². The van der Waals surface area contributed by atoms with Gasteiger partial charge in [0.05, 0.1) is 11.4 Å². The fourth-order valence-electron chi connectivity index (χ4n) is 3.15. The average Bonchev–Trinajstić information content (AvgIpc) is 3.19. The molecule has 1 N–H and O–H groups in total. The highest BCUT2D eigenvalue weighted by Crippen LogP contribution is 2.39. The van der Waals surface area contributed by atoms with Gasteiger partial charge < -0.3 is 5.32 Å². The van der Waals surface area contributed by atoms with E-state index in [-0.39, 0.29) is 6.04 Å². The molecular formula is C17H20N4S2. The summed E-state index contributed by atoms with van der Waals surface area (Å²) in [4.78, 5) is 17.5. The van der Waals surface area contributed by atoms with Crippen molar-refractivity contribution >= 4 is 38.7 Å². The van der Waals surface area contributed by atoms with Crippen LogP contribution in [0.4, 0.5) is 5.82 Å². The molecule has 1 aliphatic carbocycles. The molecule has 1 unspecified atom stereocenters. The molecule has 0 amide bonds. The van der Waals surface area contributed by atoms with Crippen molar-refractivity contribution in [3.8, 4) is 0 Å². The Morgan fingerprint density at radius 3 is 2.87 bits per heavy atom. The van der Waals surface area contributed by atoms with Crippen LogP contribution >= 0.6 is 22.7 Å². The van der Waals surface area contributed by atoms with Crippen molar-refractivity contribution in [1.82, 2.24) is 15.0 Å². The maximum atomic E-state index is 4.55. The minimum Gasteiger partial charge on any atom is -0.360 e. The van der Waals surface area contributed by atoms with Crippen molar-refractivity contribution in [2.45, 2.75) is 52.0 Å². The van der Waals surface area contributed by atoms with E-state index in [1.165, 1.54) is 40.0 Å². The molecule has 1 aliphatic rings. The quantitative estimate of drug-likeness (QED) is 0.741. The largest absolute Gasteiger partial charge is 0.360 e. The first-order valence-electron chi connectivity index (χ1n) is 8.22. The maximum absolute atomic E-state index is 4.55. The van der Waals surface area contributed by atoms with E-state index in [4.69, 9.17) is 0 Å². The molecule has 0 bridgehead atoms. The third kappa shape index (κ3) is 2.74. The lowest BCUT2D eigenvalue weighted by Gasteiger charge is -2.15. The van der Waals surface area contributed by atoms with Crippen molar-refractivity contribution in [2.24, 2.45) is 0 Å². The van der Waals surface area contributed by atoms with Gasteiger partial charge in [0.15, 0.2) is 0 Å². The zero-order chi connectivity index (χ0) is 15.8. The molecule has 6 heteroatoms. The Morgan fingerprint density at radius 1 is 1.17 bits per heavy atom. The number of nitrogens with one attached hydrogen (secondary N) is 1. The van der Waals surface area contributed by atoms with Crippen LogP contribution < -0.4 is 5.32 Å². The number of thiazole rings is 1. The lowest BCUT2D eigenvalue weighted by atomic mass is 9.97. The summed E-state index contributed by atoms with van der Waals surface area (Å²) in [5.74, 6) is 0.968. The summed E-state index contributed by atoms with van der Waals surface area (Å²) in [7, 11) is 0. The topological polar surface area (TPSA) is 50.7 Å². The number of nitrogens with zero attached hydrogens (tertiary/aromatic N) is 3. The summed E-state index contributed by atoms with van der Waals surface area (Å²) >= 11 is 3.62. The molecule has 3 heterocycles. The van der Waals surface area contributed by atoms with Crippen LogP contribution in [0.25, 0.3) is 10.2 Å². The highest BCUT2D eigenvalue weighted by molar-refractivity contribution is 7.19. The number of thiophene rings is 1. The Labute approximate surface area is 144 Å². The van der Waals surface area contributed by atoms with Crippen molar-refractivity contribution in [2.75, 3.05) is 5.32 Å². The number of hydrogen-bond acceptors (Lipinski definition) is 6. The number of hydrogen-bond donors (Lipinski definition) is 1. The van der Waals surface area contributed by atoms with E-state index >= 15 is 0 Å². The highest BCUT2D eigenvalue weighted by atomic mass is 32.1.